The number of nitrogens with two attached hydrogens (primary N) is 1. The molecular weight excluding hydrogens is 275 g/mol. The van der Waals surface area contributed by atoms with Crippen molar-refractivity contribution in [1.29, 1.82) is 0 Å². The molecule has 2 aromatic heterocycles. The Bertz CT molecular complexity index is 605. The summed E-state index contributed by atoms with van der Waals surface area (Å²) in [5, 5.41) is 4.52. The molecule has 0 amide bonds. The smallest absolute Gasteiger partial charge is 0.244 e. The molecule has 0 bridgehead atoms. The van der Waals surface area contributed by atoms with Crippen molar-refractivity contribution >= 4 is 23.2 Å². The van der Waals surface area contributed by atoms with Gasteiger partial charge >= 0.3 is 0 Å². The molecule has 5 nitrogen and oxygen atoms in total. The molecule has 0 saturated carbocycles. The Labute approximate surface area is 113 Å². The summed E-state index contributed by atoms with van der Waals surface area (Å²) in [7, 11) is 0. The maximum atomic E-state index is 5.98. The van der Waals surface area contributed by atoms with Gasteiger partial charge in [0.05, 0.1) is 16.1 Å². The average molecular weight is 283 g/mol. The van der Waals surface area contributed by atoms with Gasteiger partial charge in [0.1, 0.15) is 5.69 Å². The molecule has 1 unspecified atom stereocenters. The Morgan fingerprint density at radius 1 is 1.50 bits per heavy atom. The lowest BCUT2D eigenvalue weighted by atomic mass is 10.2. The van der Waals surface area contributed by atoms with Crippen LogP contribution >= 0.6 is 23.2 Å². The van der Waals surface area contributed by atoms with E-state index < -0.39 is 6.04 Å². The van der Waals surface area contributed by atoms with Crippen LogP contribution in [0, 0.1) is 12.3 Å². The van der Waals surface area contributed by atoms with E-state index in [4.69, 9.17) is 39.9 Å². The van der Waals surface area contributed by atoms with Gasteiger partial charge in [-0.15, -0.1) is 12.3 Å². The third-order valence-corrected chi connectivity index (χ3v) is 2.61. The fourth-order valence-electron chi connectivity index (χ4n) is 1.28. The zero-order valence-corrected chi connectivity index (χ0v) is 10.6. The van der Waals surface area contributed by atoms with Gasteiger partial charge in [-0.1, -0.05) is 28.4 Å². The van der Waals surface area contributed by atoms with E-state index in [0.717, 1.165) is 0 Å². The molecule has 1 atom stereocenters. The van der Waals surface area contributed by atoms with Crippen molar-refractivity contribution in [3.63, 3.8) is 0 Å². The van der Waals surface area contributed by atoms with Gasteiger partial charge in [0, 0.05) is 12.6 Å². The number of pyridine rings is 1. The third kappa shape index (κ3) is 2.62. The second-order valence-corrected chi connectivity index (χ2v) is 4.30. The van der Waals surface area contributed by atoms with E-state index in [1.807, 2.05) is 0 Å². The summed E-state index contributed by atoms with van der Waals surface area (Å²) in [6, 6.07) is 1.05. The summed E-state index contributed by atoms with van der Waals surface area (Å²) in [4.78, 5) is 8.14. The molecule has 2 aromatic rings. The lowest BCUT2D eigenvalue weighted by Gasteiger charge is -1.99. The zero-order chi connectivity index (χ0) is 13.1. The summed E-state index contributed by atoms with van der Waals surface area (Å²) in [6.07, 6.45) is 6.91. The highest BCUT2D eigenvalue weighted by Crippen LogP contribution is 2.26. The summed E-state index contributed by atoms with van der Waals surface area (Å²) in [6.45, 7) is 0. The van der Waals surface area contributed by atoms with Crippen LogP contribution in [0.15, 0.2) is 16.8 Å². The van der Waals surface area contributed by atoms with Crippen LogP contribution in [0.1, 0.15) is 18.4 Å². The lowest BCUT2D eigenvalue weighted by molar-refractivity contribution is 0.356. The third-order valence-electron chi connectivity index (χ3n) is 2.12. The first kappa shape index (κ1) is 12.8. The first-order valence-electron chi connectivity index (χ1n) is 4.96. The van der Waals surface area contributed by atoms with Crippen molar-refractivity contribution in [2.45, 2.75) is 12.5 Å². The van der Waals surface area contributed by atoms with Crippen LogP contribution in [-0.2, 0) is 0 Å². The van der Waals surface area contributed by atoms with Crippen LogP contribution in [0.5, 0.6) is 0 Å². The molecule has 2 heterocycles. The summed E-state index contributed by atoms with van der Waals surface area (Å²) in [5.74, 6) is 2.92. The molecule has 0 saturated heterocycles. The fraction of sp³-hybridized carbons (Fsp3) is 0.182. The van der Waals surface area contributed by atoms with E-state index in [2.05, 4.69) is 21.0 Å². The summed E-state index contributed by atoms with van der Waals surface area (Å²) >= 11 is 11.7. The van der Waals surface area contributed by atoms with Gasteiger partial charge < -0.3 is 10.3 Å². The van der Waals surface area contributed by atoms with Crippen LogP contribution in [0.3, 0.4) is 0 Å². The van der Waals surface area contributed by atoms with Crippen molar-refractivity contribution in [3.05, 3.63) is 28.2 Å². The Hall–Kier alpha value is -1.61. The zero-order valence-electron chi connectivity index (χ0n) is 9.10. The van der Waals surface area contributed by atoms with Gasteiger partial charge in [0.15, 0.2) is 0 Å². The van der Waals surface area contributed by atoms with E-state index in [-0.39, 0.29) is 11.7 Å². The van der Waals surface area contributed by atoms with Crippen molar-refractivity contribution in [2.75, 3.05) is 0 Å². The van der Waals surface area contributed by atoms with E-state index >= 15 is 0 Å². The van der Waals surface area contributed by atoms with Crippen LogP contribution < -0.4 is 5.73 Å². The Kier molecular flexibility index (Phi) is 3.82. The molecule has 0 aliphatic carbocycles. The first-order valence-corrected chi connectivity index (χ1v) is 5.71. The monoisotopic (exact) mass is 282 g/mol. The molecule has 0 aromatic carbocycles. The number of hydrogen-bond donors (Lipinski definition) is 1. The van der Waals surface area contributed by atoms with Crippen molar-refractivity contribution in [3.8, 4) is 23.9 Å². The topological polar surface area (TPSA) is 77.8 Å². The van der Waals surface area contributed by atoms with E-state index in [9.17, 15) is 0 Å². The predicted octanol–water partition coefficient (Wildman–Crippen LogP) is 2.46. The van der Waals surface area contributed by atoms with Crippen molar-refractivity contribution in [2.24, 2.45) is 5.73 Å². The van der Waals surface area contributed by atoms with Gasteiger partial charge in [0.2, 0.25) is 11.7 Å². The van der Waals surface area contributed by atoms with Gasteiger partial charge in [0.25, 0.3) is 0 Å². The molecule has 2 N–H and O–H groups in total. The molecule has 0 spiro atoms. The Morgan fingerprint density at radius 3 is 2.94 bits per heavy atom. The van der Waals surface area contributed by atoms with Gasteiger partial charge in [-0.3, -0.25) is 0 Å². The second kappa shape index (κ2) is 5.36. The Morgan fingerprint density at radius 2 is 2.28 bits per heavy atom. The fourth-order valence-corrected chi connectivity index (χ4v) is 1.74. The van der Waals surface area contributed by atoms with Crippen LogP contribution in [-0.4, -0.2) is 15.1 Å². The molecule has 0 aliphatic heterocycles. The van der Waals surface area contributed by atoms with Crippen LogP contribution in [0.4, 0.5) is 0 Å². The first-order chi connectivity index (χ1) is 8.61. The molecule has 18 heavy (non-hydrogen) atoms. The van der Waals surface area contributed by atoms with E-state index in [1.165, 1.54) is 6.20 Å². The highest BCUT2D eigenvalue weighted by Gasteiger charge is 2.17. The average Bonchev–Trinajstić information content (AvgIpc) is 2.78. The maximum Gasteiger partial charge on any atom is 0.244 e. The highest BCUT2D eigenvalue weighted by atomic mass is 35.5. The quantitative estimate of drug-likeness (QED) is 0.875. The van der Waals surface area contributed by atoms with Gasteiger partial charge in [-0.25, -0.2) is 4.98 Å². The standard InChI is InChI=1S/C11H8Cl2N4O/c1-2-3-8(14)11-16-10(17-18-11)9-7(13)4-6(12)5-15-9/h1,4-5,8H,3,14H2. The van der Waals surface area contributed by atoms with Gasteiger partial charge in [-0.05, 0) is 6.07 Å². The largest absolute Gasteiger partial charge is 0.337 e. The summed E-state index contributed by atoms with van der Waals surface area (Å²) < 4.78 is 5.01. The minimum atomic E-state index is -0.498. The molecule has 92 valence electrons. The molecular formula is C11H8Cl2N4O. The van der Waals surface area contributed by atoms with Crippen LogP contribution in [0.25, 0.3) is 11.5 Å². The number of rotatable bonds is 3. The van der Waals surface area contributed by atoms with Gasteiger partial charge in [-0.2, -0.15) is 4.98 Å². The Balaban J connectivity index is 2.32. The minimum Gasteiger partial charge on any atom is -0.337 e. The number of terminal acetylenes is 1. The molecule has 2 rings (SSSR count). The van der Waals surface area contributed by atoms with E-state index in [0.29, 0.717) is 22.2 Å². The lowest BCUT2D eigenvalue weighted by Crippen LogP contribution is -2.09. The number of aromatic nitrogens is 3. The van der Waals surface area contributed by atoms with Crippen molar-refractivity contribution in [1.82, 2.24) is 15.1 Å². The predicted molar refractivity (Wildman–Crippen MR) is 67.9 cm³/mol. The van der Waals surface area contributed by atoms with E-state index in [1.54, 1.807) is 6.07 Å². The maximum absolute atomic E-state index is 5.98. The number of halogens is 2. The SMILES string of the molecule is C#CCC(N)c1nc(-c2ncc(Cl)cc2Cl)no1. The summed E-state index contributed by atoms with van der Waals surface area (Å²) in [5.41, 5.74) is 6.12. The number of nitrogens with zero attached hydrogens (tertiary/aromatic N) is 3. The van der Waals surface area contributed by atoms with Crippen molar-refractivity contribution < 1.29 is 4.52 Å². The minimum absolute atomic E-state index is 0.246. The molecule has 0 aliphatic rings. The highest BCUT2D eigenvalue weighted by molar-refractivity contribution is 6.35. The normalized spacial score (nSPS) is 12.1. The second-order valence-electron chi connectivity index (χ2n) is 3.45. The molecule has 0 fully saturated rings. The number of hydrogen-bond acceptors (Lipinski definition) is 5. The molecule has 7 heteroatoms. The van der Waals surface area contributed by atoms with Crippen LogP contribution in [0.2, 0.25) is 10.0 Å². The molecule has 0 radical (unpaired) electrons.